The van der Waals surface area contributed by atoms with Crippen LogP contribution in [0.2, 0.25) is 0 Å². The van der Waals surface area contributed by atoms with E-state index in [0.29, 0.717) is 40.2 Å². The lowest BCUT2D eigenvalue weighted by molar-refractivity contribution is -0.116. The molecule has 0 bridgehead atoms. The van der Waals surface area contributed by atoms with Gasteiger partial charge in [-0.2, -0.15) is 8.78 Å². The molecule has 1 N–H and O–H groups in total. The Morgan fingerprint density at radius 1 is 1.15 bits per heavy atom. The molecule has 144 valence electrons. The quantitative estimate of drug-likeness (QED) is 0.685. The number of anilines is 1. The highest BCUT2D eigenvalue weighted by Crippen LogP contribution is 2.25. The summed E-state index contributed by atoms with van der Waals surface area (Å²) in [5.41, 5.74) is 0.849. The number of amides is 2. The van der Waals surface area contributed by atoms with Crippen LogP contribution in [-0.2, 0) is 4.79 Å². The second kappa shape index (κ2) is 9.91. The number of nitrogens with zero attached hydrogens (tertiary/aromatic N) is 1. The molecule has 0 aliphatic heterocycles. The summed E-state index contributed by atoms with van der Waals surface area (Å²) < 4.78 is 29.9. The van der Waals surface area contributed by atoms with Crippen LogP contribution in [0.1, 0.15) is 17.3 Å². The van der Waals surface area contributed by atoms with Gasteiger partial charge in [0.25, 0.3) is 11.7 Å². The molecule has 27 heavy (non-hydrogen) atoms. The first-order valence-corrected chi connectivity index (χ1v) is 9.09. The minimum Gasteiger partial charge on any atom is -0.495 e. The molecule has 8 heteroatoms. The lowest BCUT2D eigenvalue weighted by Crippen LogP contribution is -2.37. The van der Waals surface area contributed by atoms with Gasteiger partial charge in [0.05, 0.1) is 12.8 Å². The number of halogens is 2. The topological polar surface area (TPSA) is 58.6 Å². The van der Waals surface area contributed by atoms with Crippen LogP contribution >= 0.6 is 11.8 Å². The first kappa shape index (κ1) is 20.7. The fraction of sp³-hybridized carbons (Fsp3) is 0.263. The number of hydrogen-bond acceptors (Lipinski definition) is 4. The Kier molecular flexibility index (Phi) is 7.60. The van der Waals surface area contributed by atoms with Gasteiger partial charge in [0.15, 0.2) is 0 Å². The molecule has 0 aromatic heterocycles. The molecule has 0 aliphatic rings. The van der Waals surface area contributed by atoms with E-state index in [1.54, 1.807) is 31.2 Å². The molecule has 0 spiro atoms. The van der Waals surface area contributed by atoms with Gasteiger partial charge in [-0.15, -0.1) is 0 Å². The van der Waals surface area contributed by atoms with Crippen LogP contribution in [0, 0.1) is 0 Å². The lowest BCUT2D eigenvalue weighted by atomic mass is 10.2. The summed E-state index contributed by atoms with van der Waals surface area (Å²) in [5, 5.41) is 2.72. The van der Waals surface area contributed by atoms with E-state index >= 15 is 0 Å². The summed E-state index contributed by atoms with van der Waals surface area (Å²) in [6, 6.07) is 12.9. The molecule has 0 saturated heterocycles. The Balaban J connectivity index is 2.03. The van der Waals surface area contributed by atoms with Gasteiger partial charge in [-0.05, 0) is 43.3 Å². The number of carbonyl (C=O) groups is 2. The van der Waals surface area contributed by atoms with Crippen molar-refractivity contribution in [3.05, 3.63) is 54.1 Å². The van der Waals surface area contributed by atoms with E-state index < -0.39 is 5.76 Å². The first-order chi connectivity index (χ1) is 12.9. The summed E-state index contributed by atoms with van der Waals surface area (Å²) in [7, 11) is 1.50. The zero-order valence-corrected chi connectivity index (χ0v) is 15.8. The monoisotopic (exact) mass is 394 g/mol. The Labute approximate surface area is 160 Å². The summed E-state index contributed by atoms with van der Waals surface area (Å²) in [4.78, 5) is 26.6. The van der Waals surface area contributed by atoms with Crippen LogP contribution in [0.5, 0.6) is 5.75 Å². The highest BCUT2D eigenvalue weighted by atomic mass is 32.2. The fourth-order valence-electron chi connectivity index (χ4n) is 2.40. The third kappa shape index (κ3) is 5.96. The summed E-state index contributed by atoms with van der Waals surface area (Å²) in [5.74, 6) is -2.70. The number of hydrogen-bond donors (Lipinski definition) is 1. The van der Waals surface area contributed by atoms with E-state index in [1.807, 2.05) is 0 Å². The van der Waals surface area contributed by atoms with Crippen molar-refractivity contribution in [3.63, 3.8) is 0 Å². The first-order valence-electron chi connectivity index (χ1n) is 8.21. The van der Waals surface area contributed by atoms with E-state index in [4.69, 9.17) is 4.74 Å². The third-order valence-corrected chi connectivity index (χ3v) is 4.43. The van der Waals surface area contributed by atoms with Crippen LogP contribution in [0.25, 0.3) is 0 Å². The minimum absolute atomic E-state index is 0.138. The standard InChI is InChI=1S/C19H20F2N2O3S/c1-3-23(12-17(24)22-15-6-4-5-7-16(15)26-2)18(25)13-8-10-14(11-9-13)27-19(20)21/h4-11,19H,3,12H2,1-2H3,(H,22,24). The van der Waals surface area contributed by atoms with E-state index in [9.17, 15) is 18.4 Å². The van der Waals surface area contributed by atoms with E-state index in [1.165, 1.54) is 36.3 Å². The van der Waals surface area contributed by atoms with Crippen LogP contribution < -0.4 is 10.1 Å². The number of nitrogens with one attached hydrogen (secondary N) is 1. The summed E-state index contributed by atoms with van der Waals surface area (Å²) in [6.07, 6.45) is 0. The Bertz CT molecular complexity index is 785. The second-order valence-electron chi connectivity index (χ2n) is 5.47. The molecule has 2 aromatic rings. The smallest absolute Gasteiger partial charge is 0.288 e. The number of ether oxygens (including phenoxy) is 1. The highest BCUT2D eigenvalue weighted by Gasteiger charge is 2.18. The van der Waals surface area contributed by atoms with E-state index in [0.717, 1.165) is 0 Å². The molecule has 0 fully saturated rings. The predicted molar refractivity (Wildman–Crippen MR) is 102 cm³/mol. The number of benzene rings is 2. The average molecular weight is 394 g/mol. The lowest BCUT2D eigenvalue weighted by Gasteiger charge is -2.21. The van der Waals surface area contributed by atoms with Gasteiger partial charge < -0.3 is 15.0 Å². The average Bonchev–Trinajstić information content (AvgIpc) is 2.66. The van der Waals surface area contributed by atoms with Gasteiger partial charge in [0, 0.05) is 17.0 Å². The normalized spacial score (nSPS) is 10.6. The van der Waals surface area contributed by atoms with Gasteiger partial charge in [-0.3, -0.25) is 9.59 Å². The zero-order valence-electron chi connectivity index (χ0n) is 14.9. The minimum atomic E-state index is -2.52. The number of carbonyl (C=O) groups excluding carboxylic acids is 2. The van der Waals surface area contributed by atoms with Crippen LogP contribution in [0.4, 0.5) is 14.5 Å². The molecule has 0 atom stereocenters. The third-order valence-electron chi connectivity index (χ3n) is 3.71. The highest BCUT2D eigenvalue weighted by molar-refractivity contribution is 7.99. The maximum Gasteiger partial charge on any atom is 0.288 e. The van der Waals surface area contributed by atoms with Crippen molar-refractivity contribution in [1.29, 1.82) is 0 Å². The molecule has 0 radical (unpaired) electrons. The van der Waals surface area contributed by atoms with Crippen molar-refractivity contribution in [2.24, 2.45) is 0 Å². The van der Waals surface area contributed by atoms with Gasteiger partial charge in [-0.1, -0.05) is 23.9 Å². The number of thioether (sulfide) groups is 1. The zero-order chi connectivity index (χ0) is 19.8. The molecule has 2 amide bonds. The van der Waals surface area contributed by atoms with Crippen LogP contribution in [0.15, 0.2) is 53.4 Å². The maximum absolute atomic E-state index is 12.6. The van der Waals surface area contributed by atoms with Crippen molar-refractivity contribution in [2.75, 3.05) is 25.5 Å². The Morgan fingerprint density at radius 3 is 2.41 bits per heavy atom. The van der Waals surface area contributed by atoms with E-state index in [2.05, 4.69) is 5.32 Å². The fourth-order valence-corrected chi connectivity index (χ4v) is 2.90. The van der Waals surface area contributed by atoms with Crippen molar-refractivity contribution in [3.8, 4) is 5.75 Å². The van der Waals surface area contributed by atoms with Gasteiger partial charge >= 0.3 is 0 Å². The van der Waals surface area contributed by atoms with E-state index in [-0.39, 0.29) is 18.4 Å². The number of methoxy groups -OCH3 is 1. The van der Waals surface area contributed by atoms with Crippen LogP contribution in [0.3, 0.4) is 0 Å². The molecule has 0 saturated carbocycles. The van der Waals surface area contributed by atoms with Crippen molar-refractivity contribution in [1.82, 2.24) is 4.90 Å². The molecule has 2 aromatic carbocycles. The number of rotatable bonds is 8. The number of likely N-dealkylation sites (N-methyl/N-ethyl adjacent to an activating group) is 1. The molecule has 5 nitrogen and oxygen atoms in total. The summed E-state index contributed by atoms with van der Waals surface area (Å²) >= 11 is 0.414. The summed E-state index contributed by atoms with van der Waals surface area (Å²) in [6.45, 7) is 1.95. The maximum atomic E-state index is 12.6. The molecule has 0 aliphatic carbocycles. The Hall–Kier alpha value is -2.61. The molecule has 2 rings (SSSR count). The SMILES string of the molecule is CCN(CC(=O)Nc1ccccc1OC)C(=O)c1ccc(SC(F)F)cc1. The molecular formula is C19H20F2N2O3S. The van der Waals surface area contributed by atoms with Gasteiger partial charge in [-0.25, -0.2) is 0 Å². The van der Waals surface area contributed by atoms with Gasteiger partial charge in [0.1, 0.15) is 12.3 Å². The molecule has 0 unspecified atom stereocenters. The number of alkyl halides is 2. The van der Waals surface area contributed by atoms with Gasteiger partial charge in [0.2, 0.25) is 5.91 Å². The predicted octanol–water partition coefficient (Wildman–Crippen LogP) is 4.11. The largest absolute Gasteiger partial charge is 0.495 e. The number of para-hydroxylation sites is 2. The Morgan fingerprint density at radius 2 is 1.81 bits per heavy atom. The van der Waals surface area contributed by atoms with Crippen LogP contribution in [-0.4, -0.2) is 42.7 Å². The van der Waals surface area contributed by atoms with Crippen molar-refractivity contribution >= 4 is 29.3 Å². The van der Waals surface area contributed by atoms with Crippen molar-refractivity contribution in [2.45, 2.75) is 17.6 Å². The van der Waals surface area contributed by atoms with Crippen molar-refractivity contribution < 1.29 is 23.1 Å². The second-order valence-corrected chi connectivity index (χ2v) is 6.53. The molecule has 0 heterocycles. The molecular weight excluding hydrogens is 374 g/mol.